The van der Waals surface area contributed by atoms with Crippen LogP contribution in [0.25, 0.3) is 0 Å². The van der Waals surface area contributed by atoms with E-state index in [1.807, 2.05) is 32.9 Å². The Morgan fingerprint density at radius 3 is 2.67 bits per heavy atom. The zero-order valence-electron chi connectivity index (χ0n) is 13.6. The molecule has 1 N–H and O–H groups in total. The molecule has 0 aromatic heterocycles. The molecule has 0 saturated heterocycles. The molecule has 1 rings (SSSR count). The predicted octanol–water partition coefficient (Wildman–Crippen LogP) is 3.54. The molecule has 0 aliphatic rings. The molecule has 0 saturated carbocycles. The molecule has 1 amide bonds. The maximum atomic E-state index is 12.2. The smallest absolute Gasteiger partial charge is 0.251 e. The lowest BCUT2D eigenvalue weighted by molar-refractivity contribution is 0.0938. The van der Waals surface area contributed by atoms with Gasteiger partial charge in [0, 0.05) is 23.8 Å². The second-order valence-electron chi connectivity index (χ2n) is 5.09. The number of ether oxygens (including phenoxy) is 2. The fourth-order valence-corrected chi connectivity index (χ4v) is 1.87. The van der Waals surface area contributed by atoms with Crippen LogP contribution in [0.2, 0.25) is 0 Å². The summed E-state index contributed by atoms with van der Waals surface area (Å²) in [5, 5.41) is 2.97. The van der Waals surface area contributed by atoms with Crippen LogP contribution in [0.1, 0.15) is 56.5 Å². The third kappa shape index (κ3) is 5.76. The number of nitrogens with one attached hydrogen (secondary N) is 1. The Morgan fingerprint density at radius 2 is 2.05 bits per heavy atom. The summed E-state index contributed by atoms with van der Waals surface area (Å²) in [6, 6.07) is 5.67. The Labute approximate surface area is 127 Å². The molecule has 1 aromatic carbocycles. The molecule has 21 heavy (non-hydrogen) atoms. The lowest BCUT2D eigenvalue weighted by Crippen LogP contribution is -2.31. The molecule has 0 fully saturated rings. The van der Waals surface area contributed by atoms with Crippen LogP contribution in [0.5, 0.6) is 5.75 Å². The second-order valence-corrected chi connectivity index (χ2v) is 5.09. The van der Waals surface area contributed by atoms with Crippen molar-refractivity contribution in [2.24, 2.45) is 0 Å². The lowest BCUT2D eigenvalue weighted by Gasteiger charge is -2.14. The molecule has 4 heteroatoms. The van der Waals surface area contributed by atoms with E-state index in [0.29, 0.717) is 25.4 Å². The van der Waals surface area contributed by atoms with Crippen molar-refractivity contribution in [2.45, 2.75) is 53.2 Å². The van der Waals surface area contributed by atoms with Gasteiger partial charge in [-0.05, 0) is 44.9 Å². The van der Waals surface area contributed by atoms with E-state index in [1.54, 1.807) is 6.07 Å². The summed E-state index contributed by atoms with van der Waals surface area (Å²) in [6.45, 7) is 9.83. The van der Waals surface area contributed by atoms with Crippen LogP contribution in [0.3, 0.4) is 0 Å². The number of benzene rings is 1. The first-order chi connectivity index (χ1) is 10.1. The van der Waals surface area contributed by atoms with Crippen LogP contribution in [0.4, 0.5) is 0 Å². The average Bonchev–Trinajstić information content (AvgIpc) is 2.49. The van der Waals surface area contributed by atoms with Gasteiger partial charge in [-0.2, -0.15) is 0 Å². The Bertz CT molecular complexity index is 446. The highest BCUT2D eigenvalue weighted by atomic mass is 16.5. The minimum Gasteiger partial charge on any atom is -0.494 e. The summed E-state index contributed by atoms with van der Waals surface area (Å²) < 4.78 is 11.2. The Balaban J connectivity index is 2.86. The van der Waals surface area contributed by atoms with Gasteiger partial charge in [-0.15, -0.1) is 0 Å². The topological polar surface area (TPSA) is 47.6 Å². The molecule has 0 spiro atoms. The Morgan fingerprint density at radius 1 is 1.29 bits per heavy atom. The van der Waals surface area contributed by atoms with E-state index in [1.165, 1.54) is 0 Å². The molecule has 118 valence electrons. The van der Waals surface area contributed by atoms with Gasteiger partial charge >= 0.3 is 0 Å². The number of carbonyl (C=O) groups excluding carboxylic acids is 1. The van der Waals surface area contributed by atoms with E-state index >= 15 is 0 Å². The van der Waals surface area contributed by atoms with Crippen LogP contribution < -0.4 is 10.1 Å². The van der Waals surface area contributed by atoms with Crippen molar-refractivity contribution < 1.29 is 14.3 Å². The minimum atomic E-state index is -0.0517. The highest BCUT2D eigenvalue weighted by Gasteiger charge is 2.12. The summed E-state index contributed by atoms with van der Waals surface area (Å²) in [5.41, 5.74) is 1.57. The summed E-state index contributed by atoms with van der Waals surface area (Å²) in [7, 11) is 0. The van der Waals surface area contributed by atoms with Crippen LogP contribution in [0.15, 0.2) is 18.2 Å². The van der Waals surface area contributed by atoms with Crippen LogP contribution in [-0.2, 0) is 11.3 Å². The summed E-state index contributed by atoms with van der Waals surface area (Å²) in [4.78, 5) is 12.2. The van der Waals surface area contributed by atoms with Gasteiger partial charge in [0.2, 0.25) is 0 Å². The molecule has 1 aromatic rings. The SMILES string of the molecule is CCCOCc1cc(C(=O)NC(C)CC)ccc1OCC. The zero-order valence-corrected chi connectivity index (χ0v) is 13.6. The van der Waals surface area contributed by atoms with Gasteiger partial charge in [0.05, 0.1) is 13.2 Å². The standard InChI is InChI=1S/C17H27NO3/c1-5-10-20-12-15-11-14(8-9-16(15)21-7-3)17(19)18-13(4)6-2/h8-9,11,13H,5-7,10,12H2,1-4H3,(H,18,19). The predicted molar refractivity (Wildman–Crippen MR) is 84.8 cm³/mol. The van der Waals surface area contributed by atoms with E-state index in [9.17, 15) is 4.79 Å². The molecule has 1 unspecified atom stereocenters. The lowest BCUT2D eigenvalue weighted by atomic mass is 10.1. The van der Waals surface area contributed by atoms with Gasteiger partial charge in [-0.3, -0.25) is 4.79 Å². The van der Waals surface area contributed by atoms with Gasteiger partial charge < -0.3 is 14.8 Å². The van der Waals surface area contributed by atoms with E-state index in [-0.39, 0.29) is 11.9 Å². The molecular formula is C17H27NO3. The van der Waals surface area contributed by atoms with Gasteiger partial charge in [0.15, 0.2) is 0 Å². The van der Waals surface area contributed by atoms with E-state index in [2.05, 4.69) is 12.2 Å². The fraction of sp³-hybridized carbons (Fsp3) is 0.588. The molecule has 0 radical (unpaired) electrons. The largest absolute Gasteiger partial charge is 0.494 e. The summed E-state index contributed by atoms with van der Waals surface area (Å²) in [6.07, 6.45) is 1.88. The van der Waals surface area contributed by atoms with Crippen molar-refractivity contribution in [3.8, 4) is 5.75 Å². The molecule has 0 bridgehead atoms. The third-order valence-electron chi connectivity index (χ3n) is 3.22. The molecule has 0 heterocycles. The number of carbonyl (C=O) groups is 1. The maximum Gasteiger partial charge on any atom is 0.251 e. The number of rotatable bonds is 9. The third-order valence-corrected chi connectivity index (χ3v) is 3.22. The fourth-order valence-electron chi connectivity index (χ4n) is 1.87. The summed E-state index contributed by atoms with van der Waals surface area (Å²) in [5.74, 6) is 0.734. The molecule has 0 aliphatic carbocycles. The molecular weight excluding hydrogens is 266 g/mol. The number of hydrogen-bond acceptors (Lipinski definition) is 3. The first-order valence-corrected chi connectivity index (χ1v) is 7.76. The zero-order chi connectivity index (χ0) is 15.7. The van der Waals surface area contributed by atoms with Crippen LogP contribution in [-0.4, -0.2) is 25.2 Å². The summed E-state index contributed by atoms with van der Waals surface area (Å²) >= 11 is 0. The van der Waals surface area contributed by atoms with Crippen molar-refractivity contribution in [1.29, 1.82) is 0 Å². The van der Waals surface area contributed by atoms with E-state index in [4.69, 9.17) is 9.47 Å². The van der Waals surface area contributed by atoms with Gasteiger partial charge in [-0.1, -0.05) is 13.8 Å². The first kappa shape index (κ1) is 17.5. The van der Waals surface area contributed by atoms with Gasteiger partial charge in [0.1, 0.15) is 5.75 Å². The van der Waals surface area contributed by atoms with Crippen molar-refractivity contribution >= 4 is 5.91 Å². The van der Waals surface area contributed by atoms with Gasteiger partial charge in [0.25, 0.3) is 5.91 Å². The molecule has 1 atom stereocenters. The van der Waals surface area contributed by atoms with Crippen molar-refractivity contribution in [2.75, 3.05) is 13.2 Å². The monoisotopic (exact) mass is 293 g/mol. The quantitative estimate of drug-likeness (QED) is 0.708. The maximum absolute atomic E-state index is 12.2. The Hall–Kier alpha value is -1.55. The van der Waals surface area contributed by atoms with Crippen LogP contribution in [0, 0.1) is 0 Å². The van der Waals surface area contributed by atoms with Gasteiger partial charge in [-0.25, -0.2) is 0 Å². The normalized spacial score (nSPS) is 12.0. The average molecular weight is 293 g/mol. The van der Waals surface area contributed by atoms with E-state index in [0.717, 1.165) is 24.2 Å². The number of amides is 1. The number of hydrogen-bond donors (Lipinski definition) is 1. The van der Waals surface area contributed by atoms with E-state index < -0.39 is 0 Å². The van der Waals surface area contributed by atoms with Crippen LogP contribution >= 0.6 is 0 Å². The van der Waals surface area contributed by atoms with Crippen molar-refractivity contribution in [1.82, 2.24) is 5.32 Å². The molecule has 4 nitrogen and oxygen atoms in total. The minimum absolute atomic E-state index is 0.0517. The van der Waals surface area contributed by atoms with Crippen molar-refractivity contribution in [3.63, 3.8) is 0 Å². The molecule has 0 aliphatic heterocycles. The highest BCUT2D eigenvalue weighted by molar-refractivity contribution is 5.94. The Kier molecular flexibility index (Phi) is 7.83. The first-order valence-electron chi connectivity index (χ1n) is 7.76. The second kappa shape index (κ2) is 9.40. The highest BCUT2D eigenvalue weighted by Crippen LogP contribution is 2.21. The van der Waals surface area contributed by atoms with Crippen molar-refractivity contribution in [3.05, 3.63) is 29.3 Å².